The summed E-state index contributed by atoms with van der Waals surface area (Å²) in [6.07, 6.45) is 3.20. The molecule has 1 aromatic heterocycles. The van der Waals surface area contributed by atoms with Gasteiger partial charge in [-0.1, -0.05) is 13.8 Å². The van der Waals surface area contributed by atoms with E-state index in [-0.39, 0.29) is 0 Å². The molecule has 0 aliphatic heterocycles. The minimum atomic E-state index is -0.787. The van der Waals surface area contributed by atoms with E-state index in [1.807, 2.05) is 20.8 Å². The van der Waals surface area contributed by atoms with E-state index in [9.17, 15) is 4.39 Å². The molecule has 3 heteroatoms. The van der Waals surface area contributed by atoms with Gasteiger partial charge in [0.2, 0.25) is 6.86 Å². The third-order valence-electron chi connectivity index (χ3n) is 1.18. The lowest BCUT2D eigenvalue weighted by atomic mass is 10.3. The summed E-state index contributed by atoms with van der Waals surface area (Å²) in [4.78, 5) is 3.82. The topological polar surface area (TPSA) is 22.1 Å². The van der Waals surface area contributed by atoms with Gasteiger partial charge in [0.25, 0.3) is 0 Å². The molecule has 0 radical (unpaired) electrons. The van der Waals surface area contributed by atoms with Gasteiger partial charge < -0.3 is 4.74 Å². The van der Waals surface area contributed by atoms with Gasteiger partial charge in [-0.2, -0.15) is 0 Å². The molecule has 0 atom stereocenters. The molecular formula is C9H14FNO. The Morgan fingerprint density at radius 1 is 1.50 bits per heavy atom. The first-order valence-corrected chi connectivity index (χ1v) is 3.94. The molecule has 0 spiro atoms. The molecule has 12 heavy (non-hydrogen) atoms. The maximum atomic E-state index is 11.6. The summed E-state index contributed by atoms with van der Waals surface area (Å²) in [5.41, 5.74) is 0.847. The van der Waals surface area contributed by atoms with Crippen molar-refractivity contribution in [3.05, 3.63) is 24.0 Å². The van der Waals surface area contributed by atoms with Crippen molar-refractivity contribution in [3.8, 4) is 5.75 Å². The highest BCUT2D eigenvalue weighted by Gasteiger charge is 1.95. The van der Waals surface area contributed by atoms with E-state index in [4.69, 9.17) is 0 Å². The van der Waals surface area contributed by atoms with Crippen molar-refractivity contribution in [2.45, 2.75) is 20.8 Å². The number of alkyl halides is 1. The highest BCUT2D eigenvalue weighted by atomic mass is 19.1. The number of halogens is 1. The second-order valence-corrected chi connectivity index (χ2v) is 1.89. The number of nitrogens with zero attached hydrogens (tertiary/aromatic N) is 1. The number of aromatic nitrogens is 1. The Morgan fingerprint density at radius 2 is 2.17 bits per heavy atom. The van der Waals surface area contributed by atoms with Gasteiger partial charge in [-0.05, 0) is 13.0 Å². The smallest absolute Gasteiger partial charge is 0.228 e. The minimum Gasteiger partial charge on any atom is -0.463 e. The first kappa shape index (κ1) is 10.9. The number of aryl methyl sites for hydroxylation is 1. The molecule has 0 saturated carbocycles. The maximum Gasteiger partial charge on any atom is 0.228 e. The molecule has 0 saturated heterocycles. The number of ether oxygens (including phenoxy) is 1. The zero-order valence-electron chi connectivity index (χ0n) is 7.67. The molecule has 0 aromatic carbocycles. The van der Waals surface area contributed by atoms with Crippen LogP contribution < -0.4 is 4.74 Å². The molecule has 0 aliphatic carbocycles. The Bertz CT molecular complexity index is 215. The van der Waals surface area contributed by atoms with Crippen LogP contribution in [0.15, 0.2) is 18.5 Å². The van der Waals surface area contributed by atoms with E-state index in [0.717, 1.165) is 5.56 Å². The van der Waals surface area contributed by atoms with Crippen LogP contribution in [0.4, 0.5) is 4.39 Å². The van der Waals surface area contributed by atoms with Crippen LogP contribution in [0.2, 0.25) is 0 Å². The van der Waals surface area contributed by atoms with Crippen molar-refractivity contribution in [1.82, 2.24) is 4.98 Å². The molecular weight excluding hydrogens is 157 g/mol. The molecule has 0 bridgehead atoms. The van der Waals surface area contributed by atoms with Crippen molar-refractivity contribution >= 4 is 0 Å². The first-order valence-electron chi connectivity index (χ1n) is 3.94. The molecule has 1 rings (SSSR count). The summed E-state index contributed by atoms with van der Waals surface area (Å²) < 4.78 is 16.2. The summed E-state index contributed by atoms with van der Waals surface area (Å²) >= 11 is 0. The molecule has 0 fully saturated rings. The summed E-state index contributed by atoms with van der Waals surface area (Å²) in [6.45, 7) is 5.03. The highest BCUT2D eigenvalue weighted by molar-refractivity contribution is 5.27. The van der Waals surface area contributed by atoms with Crippen LogP contribution in [-0.2, 0) is 0 Å². The van der Waals surface area contributed by atoms with Gasteiger partial charge in [0.15, 0.2) is 0 Å². The Hall–Kier alpha value is -1.12. The zero-order chi connectivity index (χ0) is 9.40. The molecule has 0 N–H and O–H groups in total. The van der Waals surface area contributed by atoms with E-state index < -0.39 is 6.86 Å². The Balaban J connectivity index is 0.000000561. The Kier molecular flexibility index (Phi) is 5.97. The SMILES string of the molecule is CC.Cc1cnccc1OCF. The lowest BCUT2D eigenvalue weighted by Gasteiger charge is -2.01. The third kappa shape index (κ3) is 3.32. The quantitative estimate of drug-likeness (QED) is 0.682. The second-order valence-electron chi connectivity index (χ2n) is 1.89. The number of pyridine rings is 1. The number of hydrogen-bond acceptors (Lipinski definition) is 2. The van der Waals surface area contributed by atoms with Crippen molar-refractivity contribution < 1.29 is 9.13 Å². The second kappa shape index (κ2) is 6.58. The van der Waals surface area contributed by atoms with E-state index in [0.29, 0.717) is 5.75 Å². The first-order chi connectivity index (χ1) is 5.84. The van der Waals surface area contributed by atoms with E-state index in [1.54, 1.807) is 18.5 Å². The maximum absolute atomic E-state index is 11.6. The zero-order valence-corrected chi connectivity index (χ0v) is 7.67. The fourth-order valence-corrected chi connectivity index (χ4v) is 0.681. The molecule has 1 heterocycles. The van der Waals surface area contributed by atoms with Gasteiger partial charge in [0, 0.05) is 18.0 Å². The molecule has 0 amide bonds. The Morgan fingerprint density at radius 3 is 2.67 bits per heavy atom. The van der Waals surface area contributed by atoms with Crippen molar-refractivity contribution in [3.63, 3.8) is 0 Å². The van der Waals surface area contributed by atoms with E-state index >= 15 is 0 Å². The molecule has 68 valence electrons. The molecule has 1 aromatic rings. The monoisotopic (exact) mass is 171 g/mol. The van der Waals surface area contributed by atoms with Crippen molar-refractivity contribution in [2.24, 2.45) is 0 Å². The Labute approximate surface area is 72.4 Å². The largest absolute Gasteiger partial charge is 0.463 e. The van der Waals surface area contributed by atoms with Crippen molar-refractivity contribution in [1.29, 1.82) is 0 Å². The van der Waals surface area contributed by atoms with Gasteiger partial charge in [0.1, 0.15) is 5.75 Å². The summed E-state index contributed by atoms with van der Waals surface area (Å²) in [5, 5.41) is 0. The number of hydrogen-bond donors (Lipinski definition) is 0. The van der Waals surface area contributed by atoms with Gasteiger partial charge in [-0.15, -0.1) is 0 Å². The fraction of sp³-hybridized carbons (Fsp3) is 0.444. The van der Waals surface area contributed by atoms with Gasteiger partial charge >= 0.3 is 0 Å². The highest BCUT2D eigenvalue weighted by Crippen LogP contribution is 2.14. The normalized spacial score (nSPS) is 8.33. The van der Waals surface area contributed by atoms with Crippen LogP contribution in [0.5, 0.6) is 5.75 Å². The van der Waals surface area contributed by atoms with E-state index in [1.165, 1.54) is 0 Å². The molecule has 2 nitrogen and oxygen atoms in total. The number of rotatable bonds is 2. The molecule has 0 unspecified atom stereocenters. The average Bonchev–Trinajstić information content (AvgIpc) is 2.13. The van der Waals surface area contributed by atoms with Gasteiger partial charge in [-0.3, -0.25) is 4.98 Å². The van der Waals surface area contributed by atoms with Crippen molar-refractivity contribution in [2.75, 3.05) is 6.86 Å². The average molecular weight is 171 g/mol. The fourth-order valence-electron chi connectivity index (χ4n) is 0.681. The predicted molar refractivity (Wildman–Crippen MR) is 46.9 cm³/mol. The molecule has 0 aliphatic rings. The predicted octanol–water partition coefficient (Wildman–Crippen LogP) is 2.72. The van der Waals surface area contributed by atoms with Crippen LogP contribution >= 0.6 is 0 Å². The minimum absolute atomic E-state index is 0.553. The lowest BCUT2D eigenvalue weighted by Crippen LogP contribution is -1.92. The third-order valence-corrected chi connectivity index (χ3v) is 1.18. The standard InChI is InChI=1S/C7H8FNO.C2H6/c1-6-4-9-3-2-7(6)10-5-8;1-2/h2-4H,5H2,1H3;1-2H3. The van der Waals surface area contributed by atoms with Crippen LogP contribution in [0.1, 0.15) is 19.4 Å². The summed E-state index contributed by atoms with van der Waals surface area (Å²) in [6, 6.07) is 1.63. The van der Waals surface area contributed by atoms with Crippen LogP contribution in [-0.4, -0.2) is 11.8 Å². The van der Waals surface area contributed by atoms with Gasteiger partial charge in [0.05, 0.1) is 0 Å². The summed E-state index contributed by atoms with van der Waals surface area (Å²) in [5.74, 6) is 0.553. The van der Waals surface area contributed by atoms with Crippen LogP contribution in [0.25, 0.3) is 0 Å². The summed E-state index contributed by atoms with van der Waals surface area (Å²) in [7, 11) is 0. The van der Waals surface area contributed by atoms with Crippen LogP contribution in [0, 0.1) is 6.92 Å². The lowest BCUT2D eigenvalue weighted by molar-refractivity contribution is 0.190. The van der Waals surface area contributed by atoms with Gasteiger partial charge in [-0.25, -0.2) is 4.39 Å². The van der Waals surface area contributed by atoms with E-state index in [2.05, 4.69) is 9.72 Å². The van der Waals surface area contributed by atoms with Crippen LogP contribution in [0.3, 0.4) is 0 Å².